The number of nitro groups is 1. The van der Waals surface area contributed by atoms with Crippen LogP contribution in [0, 0.1) is 10.1 Å². The molecule has 2 aliphatic heterocycles. The van der Waals surface area contributed by atoms with Crippen LogP contribution in [-0.2, 0) is 19.2 Å². The van der Waals surface area contributed by atoms with E-state index in [2.05, 4.69) is 20.3 Å². The molecule has 1 amide bonds. The van der Waals surface area contributed by atoms with Crippen LogP contribution in [-0.4, -0.2) is 51.1 Å². The zero-order valence-corrected chi connectivity index (χ0v) is 15.4. The fourth-order valence-electron chi connectivity index (χ4n) is 3.26. The van der Waals surface area contributed by atoms with Crippen molar-refractivity contribution in [1.29, 1.82) is 0 Å². The second kappa shape index (κ2) is 7.99. The summed E-state index contributed by atoms with van der Waals surface area (Å²) in [5, 5.41) is 22.5. The summed E-state index contributed by atoms with van der Waals surface area (Å²) in [5.41, 5.74) is 0.820. The van der Waals surface area contributed by atoms with E-state index in [4.69, 9.17) is 9.57 Å². The van der Waals surface area contributed by atoms with E-state index >= 15 is 0 Å². The van der Waals surface area contributed by atoms with Crippen LogP contribution in [0.25, 0.3) is 11.0 Å². The number of anilines is 1. The van der Waals surface area contributed by atoms with Crippen LogP contribution in [0.3, 0.4) is 0 Å². The van der Waals surface area contributed by atoms with Gasteiger partial charge in [0.15, 0.2) is 11.7 Å². The van der Waals surface area contributed by atoms with Crippen molar-refractivity contribution >= 4 is 34.3 Å². The minimum atomic E-state index is -0.539. The molecule has 0 saturated carbocycles. The monoisotopic (exact) mass is 405 g/mol. The van der Waals surface area contributed by atoms with Gasteiger partial charge in [0.25, 0.3) is 5.91 Å². The summed E-state index contributed by atoms with van der Waals surface area (Å²) < 4.78 is 9.89. The highest BCUT2D eigenvalue weighted by molar-refractivity contribution is 5.93. The molecular weight excluding hydrogens is 386 g/mol. The third-order valence-electron chi connectivity index (χ3n) is 4.84. The predicted molar refractivity (Wildman–Crippen MR) is 96.2 cm³/mol. The molecule has 29 heavy (non-hydrogen) atoms. The minimum absolute atomic E-state index is 0.00243. The predicted octanol–water partition coefficient (Wildman–Crippen LogP) is 1.91. The molecule has 1 aromatic heterocycles. The fraction of sp³-hybridized carbons (Fsp3) is 0.529. The zero-order chi connectivity index (χ0) is 20.4. The maximum absolute atomic E-state index is 11.9. The lowest BCUT2D eigenvalue weighted by Gasteiger charge is -2.21. The molecule has 0 bridgehead atoms. The molecule has 2 aliphatic rings. The highest BCUT2D eigenvalue weighted by Crippen LogP contribution is 2.35. The van der Waals surface area contributed by atoms with Gasteiger partial charge in [-0.2, -0.15) is 0 Å². The summed E-state index contributed by atoms with van der Waals surface area (Å²) in [7, 11) is 0. The maximum atomic E-state index is 11.9. The number of epoxide rings is 1. The van der Waals surface area contributed by atoms with Gasteiger partial charge < -0.3 is 14.9 Å². The van der Waals surface area contributed by atoms with Crippen LogP contribution in [0.1, 0.15) is 38.5 Å². The van der Waals surface area contributed by atoms with Gasteiger partial charge in [-0.25, -0.2) is 9.42 Å². The van der Waals surface area contributed by atoms with Gasteiger partial charge in [-0.15, -0.1) is 5.06 Å². The van der Waals surface area contributed by atoms with E-state index in [1.165, 1.54) is 6.07 Å². The quantitative estimate of drug-likeness (QED) is 0.283. The van der Waals surface area contributed by atoms with Gasteiger partial charge in [0.2, 0.25) is 5.52 Å². The van der Waals surface area contributed by atoms with Gasteiger partial charge >= 0.3 is 11.7 Å². The Labute approximate surface area is 164 Å². The lowest BCUT2D eigenvalue weighted by atomic mass is 10.1. The van der Waals surface area contributed by atoms with Crippen LogP contribution in [0.15, 0.2) is 16.8 Å². The van der Waals surface area contributed by atoms with E-state index in [0.29, 0.717) is 37.0 Å². The minimum Gasteiger partial charge on any atom is -0.383 e. The number of ether oxygens (including phenoxy) is 1. The Morgan fingerprint density at radius 2 is 2.14 bits per heavy atom. The standard InChI is InChI=1S/C17H19N5O7/c23-13-8-7-12-17(27-12)21(13)28-14(24)4-2-1-3-9-18-10-5-6-11(22(25)26)16-15(10)19-29-20-16/h5-6,12,17-18H,1-4,7-9H2. The number of nitrogens with one attached hydrogen (secondary N) is 1. The van der Waals surface area contributed by atoms with Gasteiger partial charge in [0.1, 0.15) is 6.10 Å². The van der Waals surface area contributed by atoms with Gasteiger partial charge in [-0.1, -0.05) is 6.42 Å². The van der Waals surface area contributed by atoms with Gasteiger partial charge in [-0.05, 0) is 35.6 Å². The molecule has 0 aliphatic carbocycles. The summed E-state index contributed by atoms with van der Waals surface area (Å²) in [6.07, 6.45) is 2.92. The highest BCUT2D eigenvalue weighted by atomic mass is 16.8. The van der Waals surface area contributed by atoms with Crippen molar-refractivity contribution in [3.05, 3.63) is 22.2 Å². The Kier molecular flexibility index (Phi) is 5.25. The van der Waals surface area contributed by atoms with Crippen molar-refractivity contribution in [3.63, 3.8) is 0 Å². The lowest BCUT2D eigenvalue weighted by molar-refractivity contribution is -0.383. The molecule has 1 aromatic carbocycles. The number of aromatic nitrogens is 2. The Hall–Kier alpha value is -3.28. The first-order valence-electron chi connectivity index (χ1n) is 9.36. The molecular formula is C17H19N5O7. The second-order valence-electron chi connectivity index (χ2n) is 6.87. The molecule has 2 unspecified atom stereocenters. The summed E-state index contributed by atoms with van der Waals surface area (Å²) >= 11 is 0. The fourth-order valence-corrected chi connectivity index (χ4v) is 3.26. The molecule has 2 fully saturated rings. The number of carbonyl (C=O) groups excluding carboxylic acids is 2. The van der Waals surface area contributed by atoms with Crippen LogP contribution in [0.2, 0.25) is 0 Å². The summed E-state index contributed by atoms with van der Waals surface area (Å²) in [6.45, 7) is 0.580. The van der Waals surface area contributed by atoms with Crippen LogP contribution in [0.5, 0.6) is 0 Å². The molecule has 3 heterocycles. The Morgan fingerprint density at radius 1 is 1.31 bits per heavy atom. The van der Waals surface area contributed by atoms with Gasteiger partial charge in [0.05, 0.1) is 10.6 Å². The molecule has 2 atom stereocenters. The smallest absolute Gasteiger partial charge is 0.332 e. The van der Waals surface area contributed by atoms with E-state index in [9.17, 15) is 19.7 Å². The van der Waals surface area contributed by atoms with E-state index in [-0.39, 0.29) is 29.6 Å². The van der Waals surface area contributed by atoms with E-state index in [1.54, 1.807) is 6.07 Å². The first kappa shape index (κ1) is 19.1. The topological polar surface area (TPSA) is 153 Å². The van der Waals surface area contributed by atoms with E-state index < -0.39 is 17.1 Å². The number of fused-ring (bicyclic) bond motifs is 2. The summed E-state index contributed by atoms with van der Waals surface area (Å²) in [4.78, 5) is 39.2. The molecule has 12 nitrogen and oxygen atoms in total. The number of rotatable bonds is 9. The van der Waals surface area contributed by atoms with Crippen molar-refractivity contribution in [2.45, 2.75) is 50.9 Å². The number of hydroxylamine groups is 2. The Bertz CT molecular complexity index is 945. The van der Waals surface area contributed by atoms with Crippen LogP contribution >= 0.6 is 0 Å². The zero-order valence-electron chi connectivity index (χ0n) is 15.4. The van der Waals surface area contributed by atoms with E-state index in [0.717, 1.165) is 17.9 Å². The average molecular weight is 405 g/mol. The maximum Gasteiger partial charge on any atom is 0.332 e. The Balaban J connectivity index is 1.17. The number of hydrogen-bond acceptors (Lipinski definition) is 10. The summed E-state index contributed by atoms with van der Waals surface area (Å²) in [5.74, 6) is -0.675. The third kappa shape index (κ3) is 4.11. The molecule has 154 valence electrons. The third-order valence-corrected chi connectivity index (χ3v) is 4.84. The Morgan fingerprint density at radius 3 is 2.97 bits per heavy atom. The normalized spacial score (nSPS) is 20.4. The molecule has 0 radical (unpaired) electrons. The number of nitro benzene ring substituents is 1. The van der Waals surface area contributed by atoms with Crippen LogP contribution in [0.4, 0.5) is 11.4 Å². The van der Waals surface area contributed by atoms with Crippen molar-refractivity contribution in [1.82, 2.24) is 15.4 Å². The van der Waals surface area contributed by atoms with E-state index in [1.807, 2.05) is 0 Å². The van der Waals surface area contributed by atoms with Crippen molar-refractivity contribution < 1.29 is 28.7 Å². The van der Waals surface area contributed by atoms with Gasteiger partial charge in [0, 0.05) is 25.5 Å². The van der Waals surface area contributed by atoms with Gasteiger partial charge in [-0.3, -0.25) is 14.9 Å². The number of benzene rings is 1. The average Bonchev–Trinajstić information content (AvgIpc) is 3.32. The second-order valence-corrected chi connectivity index (χ2v) is 6.87. The van der Waals surface area contributed by atoms with Crippen molar-refractivity contribution in [2.75, 3.05) is 11.9 Å². The molecule has 4 rings (SSSR count). The number of piperidine rings is 1. The number of unbranched alkanes of at least 4 members (excludes halogenated alkanes) is 2. The molecule has 2 saturated heterocycles. The van der Waals surface area contributed by atoms with Crippen LogP contribution < -0.4 is 5.32 Å². The molecule has 1 N–H and O–H groups in total. The molecule has 0 spiro atoms. The number of nitrogens with zero attached hydrogens (tertiary/aromatic N) is 4. The number of amides is 1. The molecule has 12 heteroatoms. The molecule has 2 aromatic rings. The first-order chi connectivity index (χ1) is 14.0. The number of carbonyl (C=O) groups is 2. The largest absolute Gasteiger partial charge is 0.383 e. The number of non-ortho nitro benzene ring substituents is 1. The highest BCUT2D eigenvalue weighted by Gasteiger charge is 2.51. The van der Waals surface area contributed by atoms with Crippen molar-refractivity contribution in [2.24, 2.45) is 0 Å². The first-order valence-corrected chi connectivity index (χ1v) is 9.36. The SMILES string of the molecule is O=C(CCCCCNc1ccc([N+](=O)[O-])c2nonc12)ON1C(=O)CCC2OC21. The lowest BCUT2D eigenvalue weighted by Crippen LogP contribution is -2.39. The summed E-state index contributed by atoms with van der Waals surface area (Å²) in [6, 6.07) is 2.91. The number of hydrogen-bond donors (Lipinski definition) is 1. The van der Waals surface area contributed by atoms with Crippen molar-refractivity contribution in [3.8, 4) is 0 Å².